The lowest BCUT2D eigenvalue weighted by Crippen LogP contribution is -2.15. The Hall–Kier alpha value is -4.54. The second kappa shape index (κ2) is 11.2. The number of aryl methyl sites for hydroxylation is 1. The van der Waals surface area contributed by atoms with Crippen LogP contribution in [0.3, 0.4) is 0 Å². The van der Waals surface area contributed by atoms with Crippen LogP contribution < -0.4 is 24.7 Å². The van der Waals surface area contributed by atoms with E-state index >= 15 is 0 Å². The molecule has 1 aliphatic heterocycles. The average molecular weight is 508 g/mol. The first-order valence-electron chi connectivity index (χ1n) is 12.5. The summed E-state index contributed by atoms with van der Waals surface area (Å²) in [6, 6.07) is 20.0. The van der Waals surface area contributed by atoms with Crippen molar-refractivity contribution in [3.05, 3.63) is 100 Å². The quantitative estimate of drug-likeness (QED) is 0.330. The Balaban J connectivity index is 1.34. The number of hydrogen-bond acceptors (Lipinski definition) is 7. The predicted molar refractivity (Wildman–Crippen MR) is 144 cm³/mol. The topological polar surface area (TPSA) is 99.6 Å². The van der Waals surface area contributed by atoms with Crippen LogP contribution in [-0.4, -0.2) is 18.2 Å². The summed E-state index contributed by atoms with van der Waals surface area (Å²) in [7, 11) is 0. The molecule has 2 heterocycles. The Morgan fingerprint density at radius 2 is 1.71 bits per heavy atom. The molecule has 7 heteroatoms. The van der Waals surface area contributed by atoms with E-state index in [9.17, 15) is 0 Å². The number of hydrogen-bond donors (Lipinski definition) is 1. The highest BCUT2D eigenvalue weighted by atomic mass is 16.6. The number of nitrogens with two attached hydrogens (primary N) is 1. The molecule has 0 unspecified atom stereocenters. The maximum absolute atomic E-state index is 9.12. The summed E-state index contributed by atoms with van der Waals surface area (Å²) in [5.41, 5.74) is 13.6. The van der Waals surface area contributed by atoms with Crippen LogP contribution in [0.5, 0.6) is 23.0 Å². The Morgan fingerprint density at radius 3 is 2.53 bits per heavy atom. The Kier molecular flexibility index (Phi) is 7.43. The van der Waals surface area contributed by atoms with Gasteiger partial charge in [-0.2, -0.15) is 5.26 Å². The molecule has 1 aliphatic rings. The number of benzene rings is 3. The van der Waals surface area contributed by atoms with Crippen molar-refractivity contribution in [1.82, 2.24) is 4.98 Å². The van der Waals surface area contributed by atoms with E-state index < -0.39 is 0 Å². The van der Waals surface area contributed by atoms with Gasteiger partial charge in [-0.1, -0.05) is 24.3 Å². The van der Waals surface area contributed by atoms with Gasteiger partial charge in [0.15, 0.2) is 11.5 Å². The van der Waals surface area contributed by atoms with Gasteiger partial charge in [0.2, 0.25) is 0 Å². The fraction of sp³-hybridized carbons (Fsp3) is 0.226. The van der Waals surface area contributed by atoms with Crippen molar-refractivity contribution in [2.24, 2.45) is 5.73 Å². The van der Waals surface area contributed by atoms with Gasteiger partial charge in [-0.3, -0.25) is 4.98 Å². The van der Waals surface area contributed by atoms with Gasteiger partial charge in [0.25, 0.3) is 0 Å². The van der Waals surface area contributed by atoms with E-state index in [4.69, 9.17) is 29.9 Å². The molecule has 192 valence electrons. The van der Waals surface area contributed by atoms with Crippen LogP contribution in [0.4, 0.5) is 0 Å². The van der Waals surface area contributed by atoms with Crippen molar-refractivity contribution in [2.45, 2.75) is 33.6 Å². The molecule has 2 N–H and O–H groups in total. The number of nitriles is 1. The van der Waals surface area contributed by atoms with Gasteiger partial charge in [0.1, 0.15) is 44.0 Å². The fourth-order valence-electron chi connectivity index (χ4n) is 4.49. The summed E-state index contributed by atoms with van der Waals surface area (Å²) in [6.07, 6.45) is 3.21. The molecule has 0 radical (unpaired) electrons. The number of aromatic nitrogens is 1. The standard InChI is InChI=1S/C31H29N3O4/c1-20-10-26(15-33)30(37-18-23-11-22(14-32)16-34-17-23)13-29(20)38-19-25-4-3-5-27(21(25)2)24-6-7-28-31(12-24)36-9-8-35-28/h3-7,10-13,16-17H,8-9,15,18-19,33H2,1-2H3. The maximum Gasteiger partial charge on any atom is 0.161 e. The Bertz CT molecular complexity index is 1510. The van der Waals surface area contributed by atoms with Crippen molar-refractivity contribution in [3.63, 3.8) is 0 Å². The Labute approximate surface area is 222 Å². The molecule has 38 heavy (non-hydrogen) atoms. The van der Waals surface area contributed by atoms with Crippen LogP contribution in [0.15, 0.2) is 67.0 Å². The van der Waals surface area contributed by atoms with Crippen molar-refractivity contribution in [2.75, 3.05) is 13.2 Å². The van der Waals surface area contributed by atoms with Crippen molar-refractivity contribution in [3.8, 4) is 40.2 Å². The van der Waals surface area contributed by atoms with Gasteiger partial charge in [-0.25, -0.2) is 0 Å². The normalized spacial score (nSPS) is 12.1. The highest BCUT2D eigenvalue weighted by Gasteiger charge is 2.15. The lowest BCUT2D eigenvalue weighted by Gasteiger charge is -2.20. The summed E-state index contributed by atoms with van der Waals surface area (Å²) in [5.74, 6) is 2.93. The molecule has 0 bridgehead atoms. The summed E-state index contributed by atoms with van der Waals surface area (Å²) in [4.78, 5) is 4.10. The van der Waals surface area contributed by atoms with E-state index in [1.165, 1.54) is 6.20 Å². The molecule has 0 saturated carbocycles. The van der Waals surface area contributed by atoms with Crippen LogP contribution in [-0.2, 0) is 19.8 Å². The maximum atomic E-state index is 9.12. The van der Waals surface area contributed by atoms with E-state index in [0.29, 0.717) is 37.7 Å². The zero-order valence-corrected chi connectivity index (χ0v) is 21.5. The summed E-state index contributed by atoms with van der Waals surface area (Å²) in [5, 5.41) is 9.12. The van der Waals surface area contributed by atoms with E-state index in [1.807, 2.05) is 37.3 Å². The van der Waals surface area contributed by atoms with Gasteiger partial charge in [-0.15, -0.1) is 0 Å². The van der Waals surface area contributed by atoms with E-state index in [0.717, 1.165) is 56.2 Å². The van der Waals surface area contributed by atoms with E-state index in [1.54, 1.807) is 12.3 Å². The SMILES string of the molecule is Cc1cc(CN)c(OCc2cncc(C#N)c2)cc1OCc1cccc(-c2ccc3c(c2)OCCO3)c1C. The zero-order valence-electron chi connectivity index (χ0n) is 21.5. The Morgan fingerprint density at radius 1 is 0.895 bits per heavy atom. The second-order valence-electron chi connectivity index (χ2n) is 9.15. The molecule has 0 fully saturated rings. The molecule has 3 aromatic carbocycles. The lowest BCUT2D eigenvalue weighted by molar-refractivity contribution is 0.171. The molecule has 7 nitrogen and oxygen atoms in total. The van der Waals surface area contributed by atoms with Gasteiger partial charge in [-0.05, 0) is 65.9 Å². The van der Waals surface area contributed by atoms with Gasteiger partial charge >= 0.3 is 0 Å². The molecule has 5 rings (SSSR count). The number of rotatable bonds is 8. The first-order valence-corrected chi connectivity index (χ1v) is 12.5. The highest BCUT2D eigenvalue weighted by molar-refractivity contribution is 5.71. The third-order valence-electron chi connectivity index (χ3n) is 6.58. The smallest absolute Gasteiger partial charge is 0.161 e. The zero-order chi connectivity index (χ0) is 26.5. The molecular formula is C31H29N3O4. The van der Waals surface area contributed by atoms with Crippen LogP contribution in [0, 0.1) is 25.2 Å². The number of fused-ring (bicyclic) bond motifs is 1. The van der Waals surface area contributed by atoms with E-state index in [-0.39, 0.29) is 6.61 Å². The molecule has 4 aromatic rings. The van der Waals surface area contributed by atoms with Gasteiger partial charge in [0.05, 0.1) is 5.56 Å². The first kappa shape index (κ1) is 25.1. The number of pyridine rings is 1. The monoisotopic (exact) mass is 507 g/mol. The lowest BCUT2D eigenvalue weighted by atomic mass is 9.96. The fourth-order valence-corrected chi connectivity index (χ4v) is 4.49. The van der Waals surface area contributed by atoms with Crippen LogP contribution >= 0.6 is 0 Å². The highest BCUT2D eigenvalue weighted by Crippen LogP contribution is 2.36. The van der Waals surface area contributed by atoms with Crippen LogP contribution in [0.25, 0.3) is 11.1 Å². The van der Waals surface area contributed by atoms with Gasteiger partial charge < -0.3 is 24.7 Å². The molecular weight excluding hydrogens is 478 g/mol. The van der Waals surface area contributed by atoms with Crippen LogP contribution in [0.1, 0.15) is 33.4 Å². The van der Waals surface area contributed by atoms with Gasteiger partial charge in [0, 0.05) is 36.1 Å². The molecule has 1 aromatic heterocycles. The van der Waals surface area contributed by atoms with E-state index in [2.05, 4.69) is 36.2 Å². The minimum atomic E-state index is 0.273. The minimum absolute atomic E-state index is 0.273. The third kappa shape index (κ3) is 5.41. The molecule has 0 atom stereocenters. The van der Waals surface area contributed by atoms with Crippen LogP contribution in [0.2, 0.25) is 0 Å². The second-order valence-corrected chi connectivity index (χ2v) is 9.15. The molecule has 0 amide bonds. The van der Waals surface area contributed by atoms with Crippen molar-refractivity contribution >= 4 is 0 Å². The molecule has 0 spiro atoms. The molecule has 0 saturated heterocycles. The minimum Gasteiger partial charge on any atom is -0.488 e. The average Bonchev–Trinajstić information content (AvgIpc) is 2.96. The summed E-state index contributed by atoms with van der Waals surface area (Å²) >= 11 is 0. The summed E-state index contributed by atoms with van der Waals surface area (Å²) in [6.45, 7) is 6.24. The predicted octanol–water partition coefficient (Wildman–Crippen LogP) is 5.63. The molecule has 0 aliphatic carbocycles. The number of ether oxygens (including phenoxy) is 4. The summed E-state index contributed by atoms with van der Waals surface area (Å²) < 4.78 is 23.8. The number of nitrogens with zero attached hydrogens (tertiary/aromatic N) is 2. The third-order valence-corrected chi connectivity index (χ3v) is 6.58. The van der Waals surface area contributed by atoms with Crippen molar-refractivity contribution < 1.29 is 18.9 Å². The van der Waals surface area contributed by atoms with Crippen molar-refractivity contribution in [1.29, 1.82) is 5.26 Å². The first-order chi connectivity index (χ1) is 18.6. The largest absolute Gasteiger partial charge is 0.488 e.